The van der Waals surface area contributed by atoms with Crippen molar-refractivity contribution in [2.75, 3.05) is 0 Å². The molecule has 3 heterocycles. The average molecular weight is 286 g/mol. The SMILES string of the molecule is Cc1cnc(Cn2cnc3sc(C)c(C)c3c2=O)cn1. The molecule has 102 valence electrons. The molecular weight excluding hydrogens is 272 g/mol. The standard InChI is InChI=1S/C14H14N4OS/c1-8-4-16-11(5-15-8)6-18-7-17-13-12(14(18)19)9(2)10(3)20-13/h4-5,7H,6H2,1-3H3. The van der Waals surface area contributed by atoms with Crippen LogP contribution in [0, 0.1) is 20.8 Å². The van der Waals surface area contributed by atoms with Crippen LogP contribution in [0.15, 0.2) is 23.5 Å². The molecule has 0 spiro atoms. The molecular formula is C14H14N4OS. The zero-order valence-corrected chi connectivity index (χ0v) is 12.4. The number of fused-ring (bicyclic) bond motifs is 1. The number of thiophene rings is 1. The van der Waals surface area contributed by atoms with Crippen LogP contribution >= 0.6 is 11.3 Å². The first kappa shape index (κ1) is 12.9. The van der Waals surface area contributed by atoms with Crippen molar-refractivity contribution in [1.29, 1.82) is 0 Å². The fourth-order valence-electron chi connectivity index (χ4n) is 2.06. The topological polar surface area (TPSA) is 60.7 Å². The van der Waals surface area contributed by atoms with E-state index in [0.717, 1.165) is 32.0 Å². The molecule has 20 heavy (non-hydrogen) atoms. The van der Waals surface area contributed by atoms with Gasteiger partial charge in [-0.25, -0.2) is 4.98 Å². The second kappa shape index (κ2) is 4.79. The minimum absolute atomic E-state index is 0.0146. The van der Waals surface area contributed by atoms with Gasteiger partial charge < -0.3 is 0 Å². The summed E-state index contributed by atoms with van der Waals surface area (Å²) >= 11 is 1.56. The highest BCUT2D eigenvalue weighted by Crippen LogP contribution is 2.25. The van der Waals surface area contributed by atoms with E-state index in [1.165, 1.54) is 0 Å². The summed E-state index contributed by atoms with van der Waals surface area (Å²) in [5.74, 6) is 0. The molecule has 3 rings (SSSR count). The smallest absolute Gasteiger partial charge is 0.262 e. The molecule has 0 unspecified atom stereocenters. The van der Waals surface area contributed by atoms with E-state index in [9.17, 15) is 4.79 Å². The zero-order chi connectivity index (χ0) is 14.3. The van der Waals surface area contributed by atoms with Gasteiger partial charge in [0.2, 0.25) is 0 Å². The number of hydrogen-bond acceptors (Lipinski definition) is 5. The Bertz CT molecular complexity index is 833. The molecule has 0 aliphatic carbocycles. The van der Waals surface area contributed by atoms with Crippen molar-refractivity contribution in [2.45, 2.75) is 27.3 Å². The molecule has 0 saturated heterocycles. The first-order valence-corrected chi connectivity index (χ1v) is 7.10. The lowest BCUT2D eigenvalue weighted by Gasteiger charge is -2.05. The van der Waals surface area contributed by atoms with Crippen LogP contribution in [0.2, 0.25) is 0 Å². The van der Waals surface area contributed by atoms with Crippen molar-refractivity contribution >= 4 is 21.6 Å². The molecule has 0 aliphatic rings. The van der Waals surface area contributed by atoms with Crippen molar-refractivity contribution < 1.29 is 0 Å². The molecule has 0 atom stereocenters. The van der Waals surface area contributed by atoms with Gasteiger partial charge in [-0.15, -0.1) is 11.3 Å². The highest BCUT2D eigenvalue weighted by molar-refractivity contribution is 7.18. The Morgan fingerprint density at radius 2 is 1.95 bits per heavy atom. The number of aromatic nitrogens is 4. The summed E-state index contributed by atoms with van der Waals surface area (Å²) in [5, 5.41) is 0.718. The van der Waals surface area contributed by atoms with Crippen LogP contribution in [-0.2, 0) is 6.54 Å². The van der Waals surface area contributed by atoms with Crippen molar-refractivity contribution in [3.05, 3.63) is 50.9 Å². The van der Waals surface area contributed by atoms with Gasteiger partial charge in [0.25, 0.3) is 5.56 Å². The molecule has 0 fully saturated rings. The highest BCUT2D eigenvalue weighted by atomic mass is 32.1. The molecule has 0 radical (unpaired) electrons. The molecule has 0 aliphatic heterocycles. The van der Waals surface area contributed by atoms with Crippen molar-refractivity contribution in [2.24, 2.45) is 0 Å². The highest BCUT2D eigenvalue weighted by Gasteiger charge is 2.12. The van der Waals surface area contributed by atoms with Crippen molar-refractivity contribution in [3.63, 3.8) is 0 Å². The molecule has 6 heteroatoms. The lowest BCUT2D eigenvalue weighted by Crippen LogP contribution is -2.21. The Hall–Kier alpha value is -2.08. The van der Waals surface area contributed by atoms with E-state index >= 15 is 0 Å². The number of rotatable bonds is 2. The van der Waals surface area contributed by atoms with E-state index in [1.807, 2.05) is 20.8 Å². The third-order valence-electron chi connectivity index (χ3n) is 3.32. The van der Waals surface area contributed by atoms with E-state index in [4.69, 9.17) is 0 Å². The minimum atomic E-state index is -0.0146. The van der Waals surface area contributed by atoms with E-state index in [1.54, 1.807) is 34.6 Å². The number of hydrogen-bond donors (Lipinski definition) is 0. The summed E-state index contributed by atoms with van der Waals surface area (Å²) in [6.45, 7) is 6.25. The Labute approximate surface area is 120 Å². The monoisotopic (exact) mass is 286 g/mol. The maximum atomic E-state index is 12.5. The predicted octanol–water partition coefficient (Wildman–Crippen LogP) is 2.22. The van der Waals surface area contributed by atoms with Crippen molar-refractivity contribution in [1.82, 2.24) is 19.5 Å². The zero-order valence-electron chi connectivity index (χ0n) is 11.5. The quantitative estimate of drug-likeness (QED) is 0.724. The molecule has 0 saturated carbocycles. The van der Waals surface area contributed by atoms with Gasteiger partial charge in [-0.2, -0.15) is 0 Å². The van der Waals surface area contributed by atoms with Gasteiger partial charge in [-0.05, 0) is 26.3 Å². The van der Waals surface area contributed by atoms with E-state index in [2.05, 4.69) is 15.0 Å². The summed E-state index contributed by atoms with van der Waals surface area (Å²) in [7, 11) is 0. The summed E-state index contributed by atoms with van der Waals surface area (Å²) in [6, 6.07) is 0. The molecule has 0 bridgehead atoms. The summed E-state index contributed by atoms with van der Waals surface area (Å²) in [6.07, 6.45) is 4.98. The van der Waals surface area contributed by atoms with Crippen LogP contribution in [0.3, 0.4) is 0 Å². The van der Waals surface area contributed by atoms with Gasteiger partial charge in [-0.3, -0.25) is 19.3 Å². The van der Waals surface area contributed by atoms with Gasteiger partial charge in [-0.1, -0.05) is 0 Å². The first-order chi connectivity index (χ1) is 9.56. The summed E-state index contributed by atoms with van der Waals surface area (Å²) in [4.78, 5) is 27.3. The maximum absolute atomic E-state index is 12.5. The van der Waals surface area contributed by atoms with E-state index < -0.39 is 0 Å². The van der Waals surface area contributed by atoms with Crippen LogP contribution in [0.4, 0.5) is 0 Å². The minimum Gasteiger partial charge on any atom is -0.293 e. The second-order valence-electron chi connectivity index (χ2n) is 4.79. The first-order valence-electron chi connectivity index (χ1n) is 6.29. The Morgan fingerprint density at radius 3 is 2.65 bits per heavy atom. The molecule has 3 aromatic rings. The summed E-state index contributed by atoms with van der Waals surface area (Å²) < 4.78 is 1.58. The lowest BCUT2D eigenvalue weighted by atomic mass is 10.2. The average Bonchev–Trinajstić information content (AvgIpc) is 2.72. The van der Waals surface area contributed by atoms with Crippen LogP contribution in [0.1, 0.15) is 21.8 Å². The predicted molar refractivity (Wildman–Crippen MR) is 79.2 cm³/mol. The number of nitrogens with zero attached hydrogens (tertiary/aromatic N) is 4. The molecule has 0 amide bonds. The van der Waals surface area contributed by atoms with Gasteiger partial charge in [0, 0.05) is 11.1 Å². The molecule has 5 nitrogen and oxygen atoms in total. The van der Waals surface area contributed by atoms with Crippen molar-refractivity contribution in [3.8, 4) is 0 Å². The third-order valence-corrected chi connectivity index (χ3v) is 4.44. The molecule has 0 aromatic carbocycles. The van der Waals surface area contributed by atoms with E-state index in [-0.39, 0.29) is 5.56 Å². The fourth-order valence-corrected chi connectivity index (χ4v) is 3.05. The third kappa shape index (κ3) is 2.12. The van der Waals surface area contributed by atoms with Gasteiger partial charge in [0.15, 0.2) is 0 Å². The fraction of sp³-hybridized carbons (Fsp3) is 0.286. The Morgan fingerprint density at radius 1 is 1.15 bits per heavy atom. The largest absolute Gasteiger partial charge is 0.293 e. The normalized spacial score (nSPS) is 11.2. The van der Waals surface area contributed by atoms with Crippen LogP contribution in [-0.4, -0.2) is 19.5 Å². The van der Waals surface area contributed by atoms with Crippen LogP contribution in [0.25, 0.3) is 10.2 Å². The van der Waals surface area contributed by atoms with Gasteiger partial charge in [0.05, 0.1) is 35.8 Å². The molecule has 0 N–H and O–H groups in total. The van der Waals surface area contributed by atoms with Gasteiger partial charge >= 0.3 is 0 Å². The van der Waals surface area contributed by atoms with Crippen LogP contribution in [0.5, 0.6) is 0 Å². The Kier molecular flexibility index (Phi) is 3.10. The Balaban J connectivity index is 2.08. The maximum Gasteiger partial charge on any atom is 0.262 e. The van der Waals surface area contributed by atoms with E-state index in [0.29, 0.717) is 6.54 Å². The number of aryl methyl sites for hydroxylation is 3. The van der Waals surface area contributed by atoms with Gasteiger partial charge in [0.1, 0.15) is 4.83 Å². The second-order valence-corrected chi connectivity index (χ2v) is 5.99. The van der Waals surface area contributed by atoms with Crippen LogP contribution < -0.4 is 5.56 Å². The molecule has 3 aromatic heterocycles. The lowest BCUT2D eigenvalue weighted by molar-refractivity contribution is 0.724. The summed E-state index contributed by atoms with van der Waals surface area (Å²) in [5.41, 5.74) is 2.62.